The Bertz CT molecular complexity index is 972. The number of carbonyl (C=O) groups is 3. The van der Waals surface area contributed by atoms with E-state index in [0.717, 1.165) is 10.5 Å². The van der Waals surface area contributed by atoms with Crippen LogP contribution in [0.4, 0.5) is 5.69 Å². The molecule has 0 saturated carbocycles. The zero-order valence-electron chi connectivity index (χ0n) is 17.6. The molecule has 1 aliphatic heterocycles. The van der Waals surface area contributed by atoms with Gasteiger partial charge in [-0.05, 0) is 35.9 Å². The van der Waals surface area contributed by atoms with Gasteiger partial charge < -0.3 is 24.4 Å². The Balaban J connectivity index is 1.91. The van der Waals surface area contributed by atoms with Crippen LogP contribution in [0.1, 0.15) is 22.3 Å². The largest absolute Gasteiger partial charge is 0.497 e. The van der Waals surface area contributed by atoms with Crippen molar-refractivity contribution in [2.45, 2.75) is 17.9 Å². The second-order valence-corrected chi connectivity index (χ2v) is 7.95. The van der Waals surface area contributed by atoms with E-state index in [1.807, 2.05) is 6.07 Å². The van der Waals surface area contributed by atoms with E-state index in [-0.39, 0.29) is 24.9 Å². The van der Waals surface area contributed by atoms with Crippen molar-refractivity contribution in [3.05, 3.63) is 47.5 Å². The van der Waals surface area contributed by atoms with Crippen LogP contribution in [0.25, 0.3) is 0 Å². The van der Waals surface area contributed by atoms with Crippen LogP contribution in [0.15, 0.2) is 41.3 Å². The molecule has 1 N–H and O–H groups in total. The molecule has 8 nitrogen and oxygen atoms in total. The summed E-state index contributed by atoms with van der Waals surface area (Å²) >= 11 is 1.56. The SMILES string of the molecule is COC(=O)CN(Cc1cc(OC)cc(OC)c1)C(=O)c1ccc2c(c1)NC(=O)CCS2. The number of ether oxygens (including phenoxy) is 3. The van der Waals surface area contributed by atoms with Crippen molar-refractivity contribution in [1.82, 2.24) is 4.90 Å². The molecule has 0 spiro atoms. The van der Waals surface area contributed by atoms with Crippen molar-refractivity contribution in [3.63, 3.8) is 0 Å². The Morgan fingerprint density at radius 2 is 1.77 bits per heavy atom. The van der Waals surface area contributed by atoms with E-state index in [2.05, 4.69) is 5.32 Å². The van der Waals surface area contributed by atoms with E-state index in [4.69, 9.17) is 14.2 Å². The fourth-order valence-electron chi connectivity index (χ4n) is 3.13. The van der Waals surface area contributed by atoms with Gasteiger partial charge in [0.25, 0.3) is 5.91 Å². The van der Waals surface area contributed by atoms with Crippen LogP contribution >= 0.6 is 11.8 Å². The maximum Gasteiger partial charge on any atom is 0.325 e. The molecule has 9 heteroatoms. The second-order valence-electron chi connectivity index (χ2n) is 6.82. The molecule has 0 saturated heterocycles. The Labute approximate surface area is 184 Å². The lowest BCUT2D eigenvalue weighted by atomic mass is 10.1. The number of amides is 2. The van der Waals surface area contributed by atoms with E-state index >= 15 is 0 Å². The van der Waals surface area contributed by atoms with Gasteiger partial charge in [-0.1, -0.05) is 0 Å². The molecule has 0 radical (unpaired) electrons. The Morgan fingerprint density at radius 1 is 1.06 bits per heavy atom. The summed E-state index contributed by atoms with van der Waals surface area (Å²) in [5.41, 5.74) is 1.69. The molecule has 2 aromatic rings. The number of methoxy groups -OCH3 is 3. The maximum absolute atomic E-state index is 13.3. The van der Waals surface area contributed by atoms with Crippen molar-refractivity contribution in [2.24, 2.45) is 0 Å². The summed E-state index contributed by atoms with van der Waals surface area (Å²) in [5.74, 6) is 0.832. The minimum Gasteiger partial charge on any atom is -0.497 e. The molecule has 31 heavy (non-hydrogen) atoms. The molecule has 2 amide bonds. The number of carbonyl (C=O) groups excluding carboxylic acids is 3. The number of esters is 1. The van der Waals surface area contributed by atoms with Crippen molar-refractivity contribution in [3.8, 4) is 11.5 Å². The lowest BCUT2D eigenvalue weighted by Gasteiger charge is -2.23. The Morgan fingerprint density at radius 3 is 2.42 bits per heavy atom. The summed E-state index contributed by atoms with van der Waals surface area (Å²) in [5, 5.41) is 2.83. The summed E-state index contributed by atoms with van der Waals surface area (Å²) in [6, 6.07) is 10.4. The number of rotatable bonds is 7. The summed E-state index contributed by atoms with van der Waals surface area (Å²) in [6.07, 6.45) is 0.411. The standard InChI is InChI=1S/C22H24N2O6S/c1-28-16-8-14(9-17(11-16)29-2)12-24(13-21(26)30-3)22(27)15-4-5-19-18(10-15)23-20(25)6-7-31-19/h4-5,8-11H,6-7,12-13H2,1-3H3,(H,23,25). The molecule has 0 bridgehead atoms. The second kappa shape index (κ2) is 10.2. The summed E-state index contributed by atoms with van der Waals surface area (Å²) in [6.45, 7) is -0.0905. The van der Waals surface area contributed by atoms with Crippen LogP contribution in [-0.4, -0.2) is 56.3 Å². The van der Waals surface area contributed by atoms with Crippen molar-refractivity contribution in [1.29, 1.82) is 0 Å². The van der Waals surface area contributed by atoms with Gasteiger partial charge in [-0.3, -0.25) is 14.4 Å². The molecule has 0 fully saturated rings. The highest BCUT2D eigenvalue weighted by Gasteiger charge is 2.22. The first kappa shape index (κ1) is 22.5. The summed E-state index contributed by atoms with van der Waals surface area (Å²) in [4.78, 5) is 39.5. The normalized spacial score (nSPS) is 12.8. The summed E-state index contributed by atoms with van der Waals surface area (Å²) < 4.78 is 15.4. The van der Waals surface area contributed by atoms with Gasteiger partial charge in [0.05, 0.1) is 27.0 Å². The first-order chi connectivity index (χ1) is 14.9. The van der Waals surface area contributed by atoms with Gasteiger partial charge in [0.1, 0.15) is 18.0 Å². The molecule has 0 aromatic heterocycles. The molecule has 2 aromatic carbocycles. The third-order valence-electron chi connectivity index (χ3n) is 4.71. The van der Waals surface area contributed by atoms with Gasteiger partial charge in [0.15, 0.2) is 0 Å². The quantitative estimate of drug-likeness (QED) is 0.656. The number of benzene rings is 2. The molecule has 1 aliphatic rings. The van der Waals surface area contributed by atoms with Crippen LogP contribution in [0.3, 0.4) is 0 Å². The van der Waals surface area contributed by atoms with Crippen LogP contribution in [-0.2, 0) is 20.9 Å². The maximum atomic E-state index is 13.3. The van der Waals surface area contributed by atoms with Gasteiger partial charge in [-0.15, -0.1) is 11.8 Å². The van der Waals surface area contributed by atoms with E-state index in [1.165, 1.54) is 26.2 Å². The van der Waals surface area contributed by atoms with E-state index < -0.39 is 5.97 Å². The highest BCUT2D eigenvalue weighted by atomic mass is 32.2. The third-order valence-corrected chi connectivity index (χ3v) is 5.78. The van der Waals surface area contributed by atoms with Crippen molar-refractivity contribution < 1.29 is 28.6 Å². The predicted molar refractivity (Wildman–Crippen MR) is 117 cm³/mol. The van der Waals surface area contributed by atoms with Crippen LogP contribution in [0, 0.1) is 0 Å². The van der Waals surface area contributed by atoms with Crippen LogP contribution in [0.5, 0.6) is 11.5 Å². The first-order valence-corrected chi connectivity index (χ1v) is 10.6. The molecule has 1 heterocycles. The first-order valence-electron chi connectivity index (χ1n) is 9.58. The van der Waals surface area contributed by atoms with Gasteiger partial charge in [0, 0.05) is 35.2 Å². The lowest BCUT2D eigenvalue weighted by molar-refractivity contribution is -0.141. The number of nitrogens with zero attached hydrogens (tertiary/aromatic N) is 1. The molecule has 0 aliphatic carbocycles. The number of thioether (sulfide) groups is 1. The average Bonchev–Trinajstić information content (AvgIpc) is 2.97. The Kier molecular flexibility index (Phi) is 7.41. The molecule has 3 rings (SSSR count). The van der Waals surface area contributed by atoms with Gasteiger partial charge in [-0.2, -0.15) is 0 Å². The fourth-order valence-corrected chi connectivity index (χ4v) is 4.07. The zero-order chi connectivity index (χ0) is 22.4. The smallest absolute Gasteiger partial charge is 0.325 e. The van der Waals surface area contributed by atoms with E-state index in [1.54, 1.807) is 42.1 Å². The van der Waals surface area contributed by atoms with Crippen molar-refractivity contribution >= 4 is 35.2 Å². The third kappa shape index (κ3) is 5.69. The summed E-state index contributed by atoms with van der Waals surface area (Å²) in [7, 11) is 4.35. The molecule has 0 atom stereocenters. The average molecular weight is 445 g/mol. The minimum absolute atomic E-state index is 0.0919. The number of nitrogens with one attached hydrogen (secondary N) is 1. The zero-order valence-corrected chi connectivity index (χ0v) is 18.4. The predicted octanol–water partition coefficient (Wildman–Crippen LogP) is 2.95. The number of hydrogen-bond acceptors (Lipinski definition) is 7. The Hall–Kier alpha value is -3.20. The number of fused-ring (bicyclic) bond motifs is 1. The highest BCUT2D eigenvalue weighted by molar-refractivity contribution is 7.99. The van der Waals surface area contributed by atoms with E-state index in [9.17, 15) is 14.4 Å². The highest BCUT2D eigenvalue weighted by Crippen LogP contribution is 2.32. The molecule has 164 valence electrons. The molecular weight excluding hydrogens is 420 g/mol. The monoisotopic (exact) mass is 444 g/mol. The van der Waals surface area contributed by atoms with Gasteiger partial charge in [0.2, 0.25) is 5.91 Å². The van der Waals surface area contributed by atoms with Crippen LogP contribution in [0.2, 0.25) is 0 Å². The topological polar surface area (TPSA) is 94.2 Å². The molecular formula is C22H24N2O6S. The van der Waals surface area contributed by atoms with E-state index in [0.29, 0.717) is 34.9 Å². The molecule has 0 unspecified atom stereocenters. The number of hydrogen-bond donors (Lipinski definition) is 1. The fraction of sp³-hybridized carbons (Fsp3) is 0.318. The minimum atomic E-state index is -0.540. The lowest BCUT2D eigenvalue weighted by Crippen LogP contribution is -2.35. The van der Waals surface area contributed by atoms with Gasteiger partial charge in [-0.25, -0.2) is 0 Å². The van der Waals surface area contributed by atoms with Crippen molar-refractivity contribution in [2.75, 3.05) is 38.9 Å². The number of anilines is 1. The van der Waals surface area contributed by atoms with Gasteiger partial charge >= 0.3 is 5.97 Å². The van der Waals surface area contributed by atoms with Crippen LogP contribution < -0.4 is 14.8 Å².